The van der Waals surface area contributed by atoms with Crippen LogP contribution in [0.1, 0.15) is 27.0 Å². The number of likely N-dealkylation sites (N-methyl/N-ethyl adjacent to an activating group) is 1. The average molecular weight is 460 g/mol. The van der Waals surface area contributed by atoms with Crippen molar-refractivity contribution >= 4 is 17.5 Å². The number of hydrogen-bond acceptors (Lipinski definition) is 4. The summed E-state index contributed by atoms with van der Waals surface area (Å²) in [6, 6.07) is 22.8. The van der Waals surface area contributed by atoms with E-state index in [9.17, 15) is 9.59 Å². The summed E-state index contributed by atoms with van der Waals surface area (Å²) in [5.74, 6) is 0.617. The molecule has 0 bridgehead atoms. The van der Waals surface area contributed by atoms with Crippen LogP contribution in [0.4, 0.5) is 5.69 Å². The SMILES string of the molecule is COc1ccccc1CN(C(=O)c1ccc(C)cc1)c1ccc(CC(=O)NCCN(C)C)cc1. The lowest BCUT2D eigenvalue weighted by atomic mass is 10.1. The molecule has 0 aromatic heterocycles. The lowest BCUT2D eigenvalue weighted by molar-refractivity contribution is -0.120. The van der Waals surface area contributed by atoms with Crippen LogP contribution in [-0.4, -0.2) is 51.0 Å². The number of aryl methyl sites for hydroxylation is 1. The predicted octanol–water partition coefficient (Wildman–Crippen LogP) is 4.07. The molecule has 0 saturated carbocycles. The first-order valence-corrected chi connectivity index (χ1v) is 11.4. The molecule has 0 aliphatic heterocycles. The van der Waals surface area contributed by atoms with Crippen LogP contribution in [0.5, 0.6) is 5.75 Å². The Morgan fingerprint density at radius 2 is 1.59 bits per heavy atom. The van der Waals surface area contributed by atoms with Crippen LogP contribution in [0.15, 0.2) is 72.8 Å². The number of carbonyl (C=O) groups excluding carboxylic acids is 2. The molecule has 178 valence electrons. The third kappa shape index (κ3) is 6.93. The van der Waals surface area contributed by atoms with E-state index < -0.39 is 0 Å². The molecule has 34 heavy (non-hydrogen) atoms. The maximum atomic E-state index is 13.5. The molecule has 3 aromatic rings. The fourth-order valence-corrected chi connectivity index (χ4v) is 3.60. The fraction of sp³-hybridized carbons (Fsp3) is 0.286. The average Bonchev–Trinajstić information content (AvgIpc) is 2.83. The zero-order valence-electron chi connectivity index (χ0n) is 20.4. The Morgan fingerprint density at radius 1 is 0.912 bits per heavy atom. The molecule has 0 unspecified atom stereocenters. The standard InChI is InChI=1S/C28H33N3O3/c1-21-9-13-23(14-10-21)28(33)31(20-24-7-5-6-8-26(24)34-4)25-15-11-22(12-16-25)19-27(32)29-17-18-30(2)3/h5-16H,17-20H2,1-4H3,(H,29,32). The molecule has 0 atom stereocenters. The van der Waals surface area contributed by atoms with Crippen LogP contribution in [0, 0.1) is 6.92 Å². The van der Waals surface area contributed by atoms with Gasteiger partial charge in [0.05, 0.1) is 20.1 Å². The highest BCUT2D eigenvalue weighted by Crippen LogP contribution is 2.25. The Hall–Kier alpha value is -3.64. The largest absolute Gasteiger partial charge is 0.496 e. The van der Waals surface area contributed by atoms with Gasteiger partial charge in [0, 0.05) is 29.9 Å². The van der Waals surface area contributed by atoms with E-state index >= 15 is 0 Å². The summed E-state index contributed by atoms with van der Waals surface area (Å²) in [6.45, 7) is 3.77. The maximum Gasteiger partial charge on any atom is 0.258 e. The van der Waals surface area contributed by atoms with Gasteiger partial charge in [0.15, 0.2) is 0 Å². The molecule has 0 fully saturated rings. The van der Waals surface area contributed by atoms with E-state index in [0.717, 1.165) is 34.7 Å². The van der Waals surface area contributed by atoms with Gasteiger partial charge in [0.25, 0.3) is 5.91 Å². The molecule has 0 aliphatic carbocycles. The van der Waals surface area contributed by atoms with E-state index in [1.54, 1.807) is 12.0 Å². The number of hydrogen-bond donors (Lipinski definition) is 1. The highest BCUT2D eigenvalue weighted by molar-refractivity contribution is 6.06. The van der Waals surface area contributed by atoms with Crippen LogP contribution < -0.4 is 15.0 Å². The summed E-state index contributed by atoms with van der Waals surface area (Å²) in [7, 11) is 5.57. The van der Waals surface area contributed by atoms with Gasteiger partial charge in [0.2, 0.25) is 5.91 Å². The van der Waals surface area contributed by atoms with Crippen LogP contribution in [0.25, 0.3) is 0 Å². The number of amides is 2. The van der Waals surface area contributed by atoms with E-state index in [-0.39, 0.29) is 11.8 Å². The molecule has 6 heteroatoms. The molecule has 3 rings (SSSR count). The second-order valence-corrected chi connectivity index (χ2v) is 8.57. The summed E-state index contributed by atoms with van der Waals surface area (Å²) in [6.07, 6.45) is 0.298. The van der Waals surface area contributed by atoms with Crippen LogP contribution in [-0.2, 0) is 17.8 Å². The monoisotopic (exact) mass is 459 g/mol. The number of nitrogens with zero attached hydrogens (tertiary/aromatic N) is 2. The zero-order valence-corrected chi connectivity index (χ0v) is 20.4. The molecule has 0 spiro atoms. The first-order chi connectivity index (χ1) is 16.4. The quantitative estimate of drug-likeness (QED) is 0.497. The lowest BCUT2D eigenvalue weighted by Crippen LogP contribution is -2.32. The Bertz CT molecular complexity index is 1090. The van der Waals surface area contributed by atoms with Gasteiger partial charge in [-0.05, 0) is 56.9 Å². The first kappa shape index (κ1) is 25.0. The summed E-state index contributed by atoms with van der Waals surface area (Å²) in [5, 5.41) is 2.93. The van der Waals surface area contributed by atoms with E-state index in [0.29, 0.717) is 25.1 Å². The molecule has 1 N–H and O–H groups in total. The summed E-state index contributed by atoms with van der Waals surface area (Å²) in [5.41, 5.74) is 4.28. The Balaban J connectivity index is 1.82. The molecule has 6 nitrogen and oxygen atoms in total. The summed E-state index contributed by atoms with van der Waals surface area (Å²) in [4.78, 5) is 29.5. The molecule has 2 amide bonds. The number of carbonyl (C=O) groups is 2. The van der Waals surface area contributed by atoms with Crippen LogP contribution >= 0.6 is 0 Å². The van der Waals surface area contributed by atoms with Crippen molar-refractivity contribution in [3.05, 3.63) is 95.1 Å². The number of methoxy groups -OCH3 is 1. The minimum atomic E-state index is -0.0971. The van der Waals surface area contributed by atoms with Gasteiger partial charge in [-0.2, -0.15) is 0 Å². The van der Waals surface area contributed by atoms with Gasteiger partial charge in [-0.1, -0.05) is 48.0 Å². The Morgan fingerprint density at radius 3 is 2.24 bits per heavy atom. The highest BCUT2D eigenvalue weighted by Gasteiger charge is 2.20. The summed E-state index contributed by atoms with van der Waals surface area (Å²) < 4.78 is 5.51. The minimum Gasteiger partial charge on any atom is -0.496 e. The third-order valence-electron chi connectivity index (χ3n) is 5.56. The number of ether oxygens (including phenoxy) is 1. The van der Waals surface area contributed by atoms with E-state index in [1.807, 2.05) is 98.7 Å². The first-order valence-electron chi connectivity index (χ1n) is 11.4. The van der Waals surface area contributed by atoms with E-state index in [1.165, 1.54) is 0 Å². The predicted molar refractivity (Wildman–Crippen MR) is 136 cm³/mol. The minimum absolute atomic E-state index is 0.0174. The second-order valence-electron chi connectivity index (χ2n) is 8.57. The van der Waals surface area contributed by atoms with Crippen LogP contribution in [0.3, 0.4) is 0 Å². The molecule has 3 aromatic carbocycles. The van der Waals surface area contributed by atoms with Crippen molar-refractivity contribution in [3.8, 4) is 5.75 Å². The van der Waals surface area contributed by atoms with Gasteiger partial charge in [0.1, 0.15) is 5.75 Å². The van der Waals surface area contributed by atoms with Crippen molar-refractivity contribution in [2.45, 2.75) is 19.9 Å². The highest BCUT2D eigenvalue weighted by atomic mass is 16.5. The number of nitrogens with one attached hydrogen (secondary N) is 1. The second kappa shape index (κ2) is 12.0. The molecular formula is C28H33N3O3. The number of para-hydroxylation sites is 1. The smallest absolute Gasteiger partial charge is 0.258 e. The van der Waals surface area contributed by atoms with Gasteiger partial charge in [-0.15, -0.1) is 0 Å². The number of anilines is 1. The molecule has 0 saturated heterocycles. The van der Waals surface area contributed by atoms with Crippen LogP contribution in [0.2, 0.25) is 0 Å². The normalized spacial score (nSPS) is 10.7. The molecular weight excluding hydrogens is 426 g/mol. The Labute approximate surface area is 202 Å². The van der Waals surface area contributed by atoms with Gasteiger partial charge < -0.3 is 19.9 Å². The van der Waals surface area contributed by atoms with Crippen molar-refractivity contribution in [1.82, 2.24) is 10.2 Å². The topological polar surface area (TPSA) is 61.9 Å². The maximum absolute atomic E-state index is 13.5. The summed E-state index contributed by atoms with van der Waals surface area (Å²) >= 11 is 0. The number of rotatable bonds is 10. The Kier molecular flexibility index (Phi) is 8.82. The molecule has 0 heterocycles. The third-order valence-corrected chi connectivity index (χ3v) is 5.56. The molecule has 0 aliphatic rings. The van der Waals surface area contributed by atoms with Gasteiger partial charge >= 0.3 is 0 Å². The van der Waals surface area contributed by atoms with E-state index in [2.05, 4.69) is 5.32 Å². The molecule has 0 radical (unpaired) electrons. The zero-order chi connectivity index (χ0) is 24.5. The van der Waals surface area contributed by atoms with Crippen molar-refractivity contribution in [3.63, 3.8) is 0 Å². The fourth-order valence-electron chi connectivity index (χ4n) is 3.60. The van der Waals surface area contributed by atoms with Gasteiger partial charge in [-0.25, -0.2) is 0 Å². The van der Waals surface area contributed by atoms with Crippen molar-refractivity contribution in [2.75, 3.05) is 39.2 Å². The van der Waals surface area contributed by atoms with Gasteiger partial charge in [-0.3, -0.25) is 9.59 Å². The van der Waals surface area contributed by atoms with Crippen molar-refractivity contribution in [2.24, 2.45) is 0 Å². The van der Waals surface area contributed by atoms with Crippen molar-refractivity contribution < 1.29 is 14.3 Å². The van der Waals surface area contributed by atoms with E-state index in [4.69, 9.17) is 4.74 Å². The lowest BCUT2D eigenvalue weighted by Gasteiger charge is -2.24. The number of benzene rings is 3. The van der Waals surface area contributed by atoms with Crippen molar-refractivity contribution in [1.29, 1.82) is 0 Å².